The molecular weight excluding hydrogens is 240 g/mol. The first-order valence-electron chi connectivity index (χ1n) is 6.36. The van der Waals surface area contributed by atoms with Crippen LogP contribution in [0.15, 0.2) is 12.4 Å². The maximum Gasteiger partial charge on any atom is 0.176 e. The van der Waals surface area contributed by atoms with Gasteiger partial charge in [0.1, 0.15) is 11.2 Å². The number of aryl methyl sites for hydroxylation is 3. The van der Waals surface area contributed by atoms with Gasteiger partial charge in [0.25, 0.3) is 0 Å². The lowest BCUT2D eigenvalue weighted by Gasteiger charge is -2.05. The Balaban J connectivity index is 2.56. The molecular formula is C14H16N4O. The highest BCUT2D eigenvalue weighted by Gasteiger charge is 2.17. The Kier molecular flexibility index (Phi) is 2.45. The highest BCUT2D eigenvalue weighted by molar-refractivity contribution is 6.07. The van der Waals surface area contributed by atoms with Crippen molar-refractivity contribution < 1.29 is 4.79 Å². The van der Waals surface area contributed by atoms with Gasteiger partial charge in [-0.25, -0.2) is 9.97 Å². The van der Waals surface area contributed by atoms with Crippen LogP contribution in [-0.4, -0.2) is 24.9 Å². The van der Waals surface area contributed by atoms with Crippen molar-refractivity contribution in [1.29, 1.82) is 0 Å². The largest absolute Gasteiger partial charge is 0.333 e. The van der Waals surface area contributed by atoms with Crippen molar-refractivity contribution in [2.75, 3.05) is 0 Å². The molecule has 0 aliphatic heterocycles. The minimum absolute atomic E-state index is 0.0628. The number of ketones is 1. The predicted molar refractivity (Wildman–Crippen MR) is 74.4 cm³/mol. The summed E-state index contributed by atoms with van der Waals surface area (Å²) in [4.78, 5) is 20.8. The second kappa shape index (κ2) is 3.91. The van der Waals surface area contributed by atoms with E-state index >= 15 is 0 Å². The molecule has 0 aliphatic rings. The fraction of sp³-hybridized carbons (Fsp3) is 0.357. The third-order valence-corrected chi connectivity index (χ3v) is 3.55. The van der Waals surface area contributed by atoms with Crippen LogP contribution in [-0.2, 0) is 13.6 Å². The van der Waals surface area contributed by atoms with Gasteiger partial charge in [-0.05, 0) is 19.9 Å². The molecule has 3 aromatic heterocycles. The highest BCUT2D eigenvalue weighted by Crippen LogP contribution is 2.28. The molecule has 0 unspecified atom stereocenters. The van der Waals surface area contributed by atoms with Gasteiger partial charge in [0, 0.05) is 25.9 Å². The minimum atomic E-state index is 0.0628. The van der Waals surface area contributed by atoms with Crippen LogP contribution >= 0.6 is 0 Å². The molecule has 0 aliphatic carbocycles. The van der Waals surface area contributed by atoms with E-state index in [-0.39, 0.29) is 5.78 Å². The van der Waals surface area contributed by atoms with Crippen molar-refractivity contribution in [2.45, 2.75) is 27.3 Å². The van der Waals surface area contributed by atoms with Crippen molar-refractivity contribution in [1.82, 2.24) is 19.1 Å². The summed E-state index contributed by atoms with van der Waals surface area (Å²) in [6, 6.07) is 1.93. The summed E-state index contributed by atoms with van der Waals surface area (Å²) in [5, 5.41) is 0.993. The maximum atomic E-state index is 11.8. The van der Waals surface area contributed by atoms with Crippen molar-refractivity contribution >= 4 is 27.9 Å². The van der Waals surface area contributed by atoms with E-state index < -0.39 is 0 Å². The molecule has 0 radical (unpaired) electrons. The van der Waals surface area contributed by atoms with Crippen LogP contribution in [0.4, 0.5) is 0 Å². The number of pyridine rings is 1. The molecule has 0 aromatic carbocycles. The summed E-state index contributed by atoms with van der Waals surface area (Å²) in [7, 11) is 1.96. The summed E-state index contributed by atoms with van der Waals surface area (Å²) in [5.74, 6) is 0.0628. The molecule has 5 heteroatoms. The van der Waals surface area contributed by atoms with E-state index in [2.05, 4.69) is 9.97 Å². The molecule has 0 bridgehead atoms. The Morgan fingerprint density at radius 3 is 2.79 bits per heavy atom. The molecule has 98 valence electrons. The predicted octanol–water partition coefficient (Wildman–Crippen LogP) is 2.45. The fourth-order valence-electron chi connectivity index (χ4n) is 2.67. The van der Waals surface area contributed by atoms with E-state index in [9.17, 15) is 4.79 Å². The number of hydrogen-bond donors (Lipinski definition) is 0. The Bertz CT molecular complexity index is 810. The molecule has 0 amide bonds. The first kappa shape index (κ1) is 11.9. The van der Waals surface area contributed by atoms with Crippen molar-refractivity contribution in [2.24, 2.45) is 7.05 Å². The summed E-state index contributed by atoms with van der Waals surface area (Å²) in [6.45, 7) is 6.30. The van der Waals surface area contributed by atoms with Gasteiger partial charge in [-0.3, -0.25) is 4.79 Å². The number of Topliss-reactive ketones (excluding diaryl/α,β-unsaturated/α-hetero) is 1. The van der Waals surface area contributed by atoms with E-state index in [0.29, 0.717) is 5.69 Å². The average Bonchev–Trinajstić information content (AvgIpc) is 2.90. The second-order valence-electron chi connectivity index (χ2n) is 4.82. The number of imidazole rings is 1. The summed E-state index contributed by atoms with van der Waals surface area (Å²) in [6.07, 6.45) is 1.79. The van der Waals surface area contributed by atoms with Crippen molar-refractivity contribution in [3.05, 3.63) is 23.8 Å². The molecule has 5 nitrogen and oxygen atoms in total. The summed E-state index contributed by atoms with van der Waals surface area (Å²) < 4.78 is 3.95. The molecule has 3 heterocycles. The van der Waals surface area contributed by atoms with E-state index in [1.54, 1.807) is 13.3 Å². The molecule has 0 atom stereocenters. The zero-order valence-corrected chi connectivity index (χ0v) is 11.6. The molecule has 3 aromatic rings. The lowest BCUT2D eigenvalue weighted by molar-refractivity contribution is 0.100. The topological polar surface area (TPSA) is 52.7 Å². The van der Waals surface area contributed by atoms with Gasteiger partial charge in [0.2, 0.25) is 0 Å². The molecule has 19 heavy (non-hydrogen) atoms. The summed E-state index contributed by atoms with van der Waals surface area (Å²) >= 11 is 0. The number of hydrogen-bond acceptors (Lipinski definition) is 3. The SMILES string of the molecule is CCn1c(C(C)=O)cc2c3c(ncn3C)c(C)nc21. The number of fused-ring (bicyclic) bond motifs is 3. The third kappa shape index (κ3) is 1.51. The molecule has 0 N–H and O–H groups in total. The first-order valence-corrected chi connectivity index (χ1v) is 6.36. The number of carbonyl (C=O) groups excluding carboxylic acids is 1. The van der Waals surface area contributed by atoms with Crippen molar-refractivity contribution in [3.63, 3.8) is 0 Å². The average molecular weight is 256 g/mol. The molecule has 0 spiro atoms. The third-order valence-electron chi connectivity index (χ3n) is 3.55. The Hall–Kier alpha value is -2.17. The van der Waals surface area contributed by atoms with Gasteiger partial charge in [0.05, 0.1) is 23.2 Å². The number of nitrogens with zero attached hydrogens (tertiary/aromatic N) is 4. The van der Waals surface area contributed by atoms with Crippen LogP contribution in [0.25, 0.3) is 22.1 Å². The molecule has 0 saturated carbocycles. The molecule has 3 rings (SSSR count). The van der Waals surface area contributed by atoms with Gasteiger partial charge >= 0.3 is 0 Å². The van der Waals surface area contributed by atoms with E-state index in [1.807, 2.05) is 36.1 Å². The number of rotatable bonds is 2. The number of carbonyl (C=O) groups is 1. The number of aromatic nitrogens is 4. The molecule has 0 saturated heterocycles. The highest BCUT2D eigenvalue weighted by atomic mass is 16.1. The Labute approximate surface area is 110 Å². The van der Waals surface area contributed by atoms with E-state index in [0.717, 1.165) is 34.3 Å². The fourth-order valence-corrected chi connectivity index (χ4v) is 2.67. The van der Waals surface area contributed by atoms with Gasteiger partial charge < -0.3 is 9.13 Å². The van der Waals surface area contributed by atoms with Gasteiger partial charge in [-0.2, -0.15) is 0 Å². The summed E-state index contributed by atoms with van der Waals surface area (Å²) in [5.41, 5.74) is 4.40. The van der Waals surface area contributed by atoms with Crippen LogP contribution in [0.1, 0.15) is 30.0 Å². The van der Waals surface area contributed by atoms with Crippen molar-refractivity contribution in [3.8, 4) is 0 Å². The van der Waals surface area contributed by atoms with Crippen LogP contribution in [0.5, 0.6) is 0 Å². The maximum absolute atomic E-state index is 11.8. The van der Waals surface area contributed by atoms with Crippen LogP contribution in [0, 0.1) is 6.92 Å². The lowest BCUT2D eigenvalue weighted by Crippen LogP contribution is -2.05. The normalized spacial score (nSPS) is 11.6. The Morgan fingerprint density at radius 2 is 2.16 bits per heavy atom. The second-order valence-corrected chi connectivity index (χ2v) is 4.82. The van der Waals surface area contributed by atoms with Gasteiger partial charge in [0.15, 0.2) is 5.78 Å². The lowest BCUT2D eigenvalue weighted by atomic mass is 10.2. The quantitative estimate of drug-likeness (QED) is 0.662. The van der Waals surface area contributed by atoms with Gasteiger partial charge in [-0.1, -0.05) is 0 Å². The monoisotopic (exact) mass is 256 g/mol. The van der Waals surface area contributed by atoms with E-state index in [1.165, 1.54) is 0 Å². The van der Waals surface area contributed by atoms with E-state index in [4.69, 9.17) is 0 Å². The smallest absolute Gasteiger partial charge is 0.176 e. The van der Waals surface area contributed by atoms with Crippen LogP contribution in [0.3, 0.4) is 0 Å². The van der Waals surface area contributed by atoms with Gasteiger partial charge in [-0.15, -0.1) is 0 Å². The first-order chi connectivity index (χ1) is 9.04. The van der Waals surface area contributed by atoms with Crippen LogP contribution < -0.4 is 0 Å². The zero-order chi connectivity index (χ0) is 13.7. The minimum Gasteiger partial charge on any atom is -0.333 e. The van der Waals surface area contributed by atoms with Crippen LogP contribution in [0.2, 0.25) is 0 Å². The zero-order valence-electron chi connectivity index (χ0n) is 11.6. The molecule has 0 fully saturated rings. The standard InChI is InChI=1S/C14H16N4O/c1-5-18-11(9(3)19)6-10-13-12(15-7-17(13)4)8(2)16-14(10)18/h6-7H,5H2,1-4H3. The Morgan fingerprint density at radius 1 is 1.42 bits per heavy atom.